The molecule has 0 atom stereocenters. The molecule has 0 saturated heterocycles. The quantitative estimate of drug-likeness (QED) is 0.632. The second kappa shape index (κ2) is 9.01. The fraction of sp³-hybridized carbons (Fsp3) is 0.200. The summed E-state index contributed by atoms with van der Waals surface area (Å²) in [7, 11) is 1.58. The van der Waals surface area contributed by atoms with E-state index in [1.807, 2.05) is 47.8 Å². The van der Waals surface area contributed by atoms with E-state index >= 15 is 0 Å². The Labute approximate surface area is 157 Å². The molecule has 0 radical (unpaired) electrons. The first-order valence-corrected chi connectivity index (χ1v) is 9.27. The normalized spacial score (nSPS) is 10.3. The average Bonchev–Trinajstić information content (AvgIpc) is 3.10. The highest BCUT2D eigenvalue weighted by Crippen LogP contribution is 2.23. The Morgan fingerprint density at radius 1 is 1.12 bits per heavy atom. The number of carbonyl (C=O) groups excluding carboxylic acids is 1. The number of methoxy groups -OCH3 is 1. The van der Waals surface area contributed by atoms with Crippen LogP contribution in [0.4, 0.5) is 10.8 Å². The van der Waals surface area contributed by atoms with Crippen LogP contribution in [0.3, 0.4) is 0 Å². The third-order valence-electron chi connectivity index (χ3n) is 3.81. The first-order valence-electron chi connectivity index (χ1n) is 8.39. The standard InChI is InChI=1S/C20H21N3O2S/c1-25-18-10-6-5-9-17(18)23-19(24)13-16-14-26-20(22-16)21-12-11-15-7-3-2-4-8-15/h2-10,14H,11-13H2,1H3,(H,21,22)(H,23,24). The summed E-state index contributed by atoms with van der Waals surface area (Å²) in [5.41, 5.74) is 2.70. The van der Waals surface area contributed by atoms with Crippen molar-refractivity contribution in [3.63, 3.8) is 0 Å². The molecule has 3 rings (SSSR count). The van der Waals surface area contributed by atoms with Crippen molar-refractivity contribution in [2.75, 3.05) is 24.3 Å². The minimum absolute atomic E-state index is 0.115. The number of nitrogens with zero attached hydrogens (tertiary/aromatic N) is 1. The van der Waals surface area contributed by atoms with Crippen LogP contribution < -0.4 is 15.4 Å². The highest BCUT2D eigenvalue weighted by molar-refractivity contribution is 7.13. The molecule has 134 valence electrons. The number of hydrogen-bond donors (Lipinski definition) is 2. The maximum absolute atomic E-state index is 12.2. The van der Waals surface area contributed by atoms with Gasteiger partial charge in [-0.25, -0.2) is 4.98 Å². The maximum atomic E-state index is 12.2. The third-order valence-corrected chi connectivity index (χ3v) is 4.66. The number of amides is 1. The van der Waals surface area contributed by atoms with E-state index in [1.54, 1.807) is 7.11 Å². The zero-order valence-corrected chi connectivity index (χ0v) is 15.4. The number of ether oxygens (including phenoxy) is 1. The zero-order chi connectivity index (χ0) is 18.2. The smallest absolute Gasteiger partial charge is 0.230 e. The number of rotatable bonds is 8. The lowest BCUT2D eigenvalue weighted by molar-refractivity contribution is -0.115. The predicted octanol–water partition coefficient (Wildman–Crippen LogP) is 3.99. The fourth-order valence-electron chi connectivity index (χ4n) is 2.53. The summed E-state index contributed by atoms with van der Waals surface area (Å²) >= 11 is 1.51. The molecule has 2 N–H and O–H groups in total. The lowest BCUT2D eigenvalue weighted by Gasteiger charge is -2.09. The molecule has 1 heterocycles. The fourth-order valence-corrected chi connectivity index (χ4v) is 3.27. The summed E-state index contributed by atoms with van der Waals surface area (Å²) in [4.78, 5) is 16.7. The van der Waals surface area contributed by atoms with Crippen molar-refractivity contribution in [2.45, 2.75) is 12.8 Å². The van der Waals surface area contributed by atoms with Crippen LogP contribution in [0.2, 0.25) is 0 Å². The molecule has 0 spiro atoms. The number of thiazole rings is 1. The van der Waals surface area contributed by atoms with Crippen molar-refractivity contribution in [2.24, 2.45) is 0 Å². The Balaban J connectivity index is 1.49. The first kappa shape index (κ1) is 17.9. The minimum atomic E-state index is -0.115. The lowest BCUT2D eigenvalue weighted by Crippen LogP contribution is -2.15. The van der Waals surface area contributed by atoms with Gasteiger partial charge in [0.1, 0.15) is 5.75 Å². The largest absolute Gasteiger partial charge is 0.495 e. The van der Waals surface area contributed by atoms with Crippen molar-refractivity contribution in [1.82, 2.24) is 4.98 Å². The zero-order valence-electron chi connectivity index (χ0n) is 14.6. The van der Waals surface area contributed by atoms with Gasteiger partial charge in [-0.3, -0.25) is 4.79 Å². The van der Waals surface area contributed by atoms with Crippen LogP contribution in [0.25, 0.3) is 0 Å². The van der Waals surface area contributed by atoms with Gasteiger partial charge in [0.25, 0.3) is 0 Å². The van der Waals surface area contributed by atoms with Crippen molar-refractivity contribution >= 4 is 28.1 Å². The van der Waals surface area contributed by atoms with Gasteiger partial charge in [0.15, 0.2) is 5.13 Å². The predicted molar refractivity (Wildman–Crippen MR) is 106 cm³/mol. The van der Waals surface area contributed by atoms with Crippen LogP contribution in [-0.4, -0.2) is 24.5 Å². The summed E-state index contributed by atoms with van der Waals surface area (Å²) in [5, 5.41) is 8.92. The van der Waals surface area contributed by atoms with E-state index in [-0.39, 0.29) is 12.3 Å². The summed E-state index contributed by atoms with van der Waals surface area (Å²) in [6, 6.07) is 17.7. The highest BCUT2D eigenvalue weighted by atomic mass is 32.1. The Hall–Kier alpha value is -2.86. The molecule has 0 bridgehead atoms. The SMILES string of the molecule is COc1ccccc1NC(=O)Cc1csc(NCCc2ccccc2)n1. The van der Waals surface area contributed by atoms with Crippen molar-refractivity contribution in [1.29, 1.82) is 0 Å². The molecule has 26 heavy (non-hydrogen) atoms. The molecular weight excluding hydrogens is 346 g/mol. The molecule has 5 nitrogen and oxygen atoms in total. The van der Waals surface area contributed by atoms with Crippen LogP contribution >= 0.6 is 11.3 Å². The van der Waals surface area contributed by atoms with Gasteiger partial charge in [-0.1, -0.05) is 42.5 Å². The lowest BCUT2D eigenvalue weighted by atomic mass is 10.1. The van der Waals surface area contributed by atoms with E-state index in [0.717, 1.165) is 23.8 Å². The summed E-state index contributed by atoms with van der Waals surface area (Å²) in [6.45, 7) is 0.810. The molecule has 1 aromatic heterocycles. The minimum Gasteiger partial charge on any atom is -0.495 e. The molecule has 0 unspecified atom stereocenters. The second-order valence-electron chi connectivity index (χ2n) is 5.73. The van der Waals surface area contributed by atoms with E-state index in [1.165, 1.54) is 16.9 Å². The Morgan fingerprint density at radius 3 is 2.69 bits per heavy atom. The number of anilines is 2. The Morgan fingerprint density at radius 2 is 1.88 bits per heavy atom. The molecule has 3 aromatic rings. The molecule has 1 amide bonds. The third kappa shape index (κ3) is 5.07. The van der Waals surface area contributed by atoms with Crippen LogP contribution in [0.1, 0.15) is 11.3 Å². The summed E-state index contributed by atoms with van der Waals surface area (Å²) in [5.74, 6) is 0.526. The van der Waals surface area contributed by atoms with Crippen molar-refractivity contribution < 1.29 is 9.53 Å². The Kier molecular flexibility index (Phi) is 6.22. The molecule has 6 heteroatoms. The summed E-state index contributed by atoms with van der Waals surface area (Å²) < 4.78 is 5.24. The average molecular weight is 367 g/mol. The molecule has 0 aliphatic carbocycles. The van der Waals surface area contributed by atoms with Gasteiger partial charge in [-0.05, 0) is 24.1 Å². The van der Waals surface area contributed by atoms with Gasteiger partial charge in [-0.2, -0.15) is 0 Å². The molecule has 0 aliphatic rings. The van der Waals surface area contributed by atoms with E-state index in [4.69, 9.17) is 4.74 Å². The van der Waals surface area contributed by atoms with E-state index in [0.29, 0.717) is 11.4 Å². The van der Waals surface area contributed by atoms with Crippen molar-refractivity contribution in [3.8, 4) is 5.75 Å². The molecule has 2 aromatic carbocycles. The van der Waals surface area contributed by atoms with Gasteiger partial charge in [0.2, 0.25) is 5.91 Å². The monoisotopic (exact) mass is 367 g/mol. The second-order valence-corrected chi connectivity index (χ2v) is 6.59. The molecule has 0 saturated carbocycles. The number of benzene rings is 2. The number of nitrogens with one attached hydrogen (secondary N) is 2. The number of carbonyl (C=O) groups is 1. The van der Waals surface area contributed by atoms with Gasteiger partial charge in [0, 0.05) is 11.9 Å². The molecular formula is C20H21N3O2S. The molecule has 0 fully saturated rings. The van der Waals surface area contributed by atoms with Crippen molar-refractivity contribution in [3.05, 3.63) is 71.2 Å². The van der Waals surface area contributed by atoms with Gasteiger partial charge >= 0.3 is 0 Å². The summed E-state index contributed by atoms with van der Waals surface area (Å²) in [6.07, 6.45) is 1.17. The number of aromatic nitrogens is 1. The van der Waals surface area contributed by atoms with E-state index < -0.39 is 0 Å². The first-order chi connectivity index (χ1) is 12.7. The van der Waals surface area contributed by atoms with Crippen LogP contribution in [0.5, 0.6) is 5.75 Å². The Bertz CT molecular complexity index is 849. The van der Waals surface area contributed by atoms with Gasteiger partial charge < -0.3 is 15.4 Å². The van der Waals surface area contributed by atoms with Crippen LogP contribution in [0.15, 0.2) is 60.0 Å². The van der Waals surface area contributed by atoms with Gasteiger partial charge in [0.05, 0.1) is 24.9 Å². The number of para-hydroxylation sites is 2. The van der Waals surface area contributed by atoms with Crippen LogP contribution in [-0.2, 0) is 17.6 Å². The van der Waals surface area contributed by atoms with Gasteiger partial charge in [-0.15, -0.1) is 11.3 Å². The van der Waals surface area contributed by atoms with E-state index in [2.05, 4.69) is 27.8 Å². The van der Waals surface area contributed by atoms with E-state index in [9.17, 15) is 4.79 Å². The van der Waals surface area contributed by atoms with Crippen LogP contribution in [0, 0.1) is 0 Å². The number of hydrogen-bond acceptors (Lipinski definition) is 5. The molecule has 0 aliphatic heterocycles. The highest BCUT2D eigenvalue weighted by Gasteiger charge is 2.10. The topological polar surface area (TPSA) is 63.2 Å². The maximum Gasteiger partial charge on any atom is 0.230 e.